The Morgan fingerprint density at radius 1 is 0.912 bits per heavy atom. The van der Waals surface area contributed by atoms with Crippen molar-refractivity contribution in [3.05, 3.63) is 94.0 Å². The van der Waals surface area contributed by atoms with E-state index in [1.165, 1.54) is 18.2 Å². The van der Waals surface area contributed by atoms with Crippen LogP contribution in [0.3, 0.4) is 0 Å². The summed E-state index contributed by atoms with van der Waals surface area (Å²) in [6, 6.07) is 18.1. The number of Topliss-reactive ketones (excluding diaryl/α,β-unsaturated/α-hetero) is 1. The number of hydrogen-bond donors (Lipinski definition) is 6. The number of allylic oxidation sites excluding steroid dienone is 1. The molecule has 3 aliphatic heterocycles. The van der Waals surface area contributed by atoms with Crippen LogP contribution in [0.4, 0.5) is 5.69 Å². The second-order valence-corrected chi connectivity index (χ2v) is 24.4. The van der Waals surface area contributed by atoms with Crippen molar-refractivity contribution in [2.45, 2.75) is 135 Å². The molecule has 0 unspecified atom stereocenters. The lowest BCUT2D eigenvalue weighted by Crippen LogP contribution is -2.62. The third kappa shape index (κ3) is 16.8. The van der Waals surface area contributed by atoms with Gasteiger partial charge in [0.25, 0.3) is 11.8 Å². The zero-order valence-electron chi connectivity index (χ0n) is 47.0. The zero-order chi connectivity index (χ0) is 58.3. The van der Waals surface area contributed by atoms with Crippen molar-refractivity contribution in [2.24, 2.45) is 17.3 Å². The Bertz CT molecular complexity index is 2880. The lowest BCUT2D eigenvalue weighted by molar-refractivity contribution is -0.159. The first kappa shape index (κ1) is 62.7. The van der Waals surface area contributed by atoms with E-state index < -0.39 is 74.8 Å². The van der Waals surface area contributed by atoms with E-state index in [2.05, 4.69) is 28.2 Å². The highest BCUT2D eigenvalue weighted by Crippen LogP contribution is 2.51. The van der Waals surface area contributed by atoms with E-state index >= 15 is 0 Å². The number of thioether (sulfide) groups is 1. The first-order valence-corrected chi connectivity index (χ1v) is 29.9. The number of carbonyl (C=O) groups is 7. The number of ether oxygens (including phenoxy) is 4. The topological polar surface area (TPSA) is 274 Å². The Morgan fingerprint density at radius 3 is 2.39 bits per heavy atom. The standard InChI is InChI=1S/C58H78N6O14S2/c1-9-58(5,6)53(68)56(71)60-26-12-10-11-21-49(67)78-45(24-22-38-23-25-46(75-7)47(30-38)76-8)39-16-14-19-42(32-39)77-28-27-59-48(66)20-15-29-80(73,74)63-54(69)40-17-13-18-41(31-40)62-55(70)44-33-43(34-61-44)79-52-35(2)51-50(37(4)65)57(72)64(51)36(52)3/h13-14,16-19,23,25,30-32,35,37,43-45,50-51,61,65H,9-12,15,20-22,24,26-29,33-34H2,1-8H3,(H,59,66)(H,60,71)(H,62,70)(H,63,69)/t35-,37-,43+,44+,45-,50-,51-/m1/s1. The quantitative estimate of drug-likeness (QED) is 0.0183. The number of aliphatic hydroxyl groups excluding tert-OH is 1. The number of β-lactam (4-membered cyclic amide) rings is 1. The predicted octanol–water partition coefficient (Wildman–Crippen LogP) is 6.13. The van der Waals surface area contributed by atoms with Crippen LogP contribution in [0.1, 0.15) is 127 Å². The second-order valence-electron chi connectivity index (χ2n) is 21.2. The molecule has 0 bridgehead atoms. The molecule has 436 valence electrons. The minimum atomic E-state index is -4.14. The van der Waals surface area contributed by atoms with Gasteiger partial charge < -0.3 is 50.2 Å². The lowest BCUT2D eigenvalue weighted by Gasteiger charge is -2.46. The number of ketones is 1. The van der Waals surface area contributed by atoms with Crippen molar-refractivity contribution in [3.63, 3.8) is 0 Å². The second kappa shape index (κ2) is 28.8. The highest BCUT2D eigenvalue weighted by molar-refractivity contribution is 8.03. The van der Waals surface area contributed by atoms with Gasteiger partial charge in [0.2, 0.25) is 33.5 Å². The monoisotopic (exact) mass is 1150 g/mol. The fraction of sp³-hybridized carbons (Fsp3) is 0.534. The molecule has 3 heterocycles. The first-order chi connectivity index (χ1) is 38.1. The number of nitrogens with zero attached hydrogens (tertiary/aromatic N) is 1. The number of unbranched alkanes of at least 4 members (excludes halogenated alkanes) is 2. The van der Waals surface area contributed by atoms with Gasteiger partial charge in [-0.1, -0.05) is 58.4 Å². The molecule has 3 aliphatic rings. The van der Waals surface area contributed by atoms with E-state index in [1.54, 1.807) is 75.9 Å². The summed E-state index contributed by atoms with van der Waals surface area (Å²) in [6.07, 6.45) is 2.34. The number of esters is 1. The summed E-state index contributed by atoms with van der Waals surface area (Å²) in [7, 11) is -1.03. The molecule has 20 nitrogen and oxygen atoms in total. The van der Waals surface area contributed by atoms with E-state index in [-0.39, 0.29) is 67.0 Å². The number of sulfonamides is 1. The van der Waals surface area contributed by atoms with Crippen LogP contribution in [0.25, 0.3) is 0 Å². The number of hydrogen-bond acceptors (Lipinski definition) is 16. The lowest BCUT2D eigenvalue weighted by atomic mass is 9.79. The Labute approximate surface area is 473 Å². The summed E-state index contributed by atoms with van der Waals surface area (Å²) in [4.78, 5) is 92.7. The zero-order valence-corrected chi connectivity index (χ0v) is 48.7. The van der Waals surface area contributed by atoms with Crippen LogP contribution in [0.15, 0.2) is 77.3 Å². The number of aliphatic hydroxyl groups is 1. The molecule has 7 atom stereocenters. The van der Waals surface area contributed by atoms with E-state index in [1.807, 2.05) is 42.8 Å². The van der Waals surface area contributed by atoms with Crippen molar-refractivity contribution in [1.82, 2.24) is 25.6 Å². The van der Waals surface area contributed by atoms with Crippen molar-refractivity contribution in [1.29, 1.82) is 0 Å². The number of fused-ring (bicyclic) bond motifs is 1. The van der Waals surface area contributed by atoms with Gasteiger partial charge in [-0.05, 0) is 112 Å². The minimum absolute atomic E-state index is 0.0101. The third-order valence-corrected chi connectivity index (χ3v) is 17.8. The van der Waals surface area contributed by atoms with Crippen molar-refractivity contribution < 1.29 is 66.0 Å². The molecule has 6 N–H and O–H groups in total. The van der Waals surface area contributed by atoms with Crippen LogP contribution in [0.5, 0.6) is 17.2 Å². The fourth-order valence-electron chi connectivity index (χ4n) is 9.98. The SMILES string of the molecule is CCC(C)(C)C(=O)C(=O)NCCCCCC(=O)O[C@H](CCc1ccc(OC)c(OC)c1)c1cccc(OCCNC(=O)CCCS(=O)(=O)NC(=O)c2cccc(NC(=O)[C@@H]3C[C@H](SC4=C(C)N5C(=O)[C@H]([C@@H](C)O)[C@H]5[C@H]4C)CN3)c2)c1. The number of methoxy groups -OCH3 is 2. The molecule has 0 aromatic heterocycles. The van der Waals surface area contributed by atoms with Gasteiger partial charge in [-0.3, -0.25) is 33.6 Å². The van der Waals surface area contributed by atoms with Crippen LogP contribution in [0, 0.1) is 17.3 Å². The smallest absolute Gasteiger partial charge is 0.306 e. The summed E-state index contributed by atoms with van der Waals surface area (Å²) in [5, 5.41) is 21.7. The molecule has 0 spiro atoms. The molecular weight excluding hydrogens is 1070 g/mol. The molecule has 6 rings (SSSR count). The number of amides is 5. The number of carbonyl (C=O) groups excluding carboxylic acids is 7. The Balaban J connectivity index is 0.911. The molecule has 0 aliphatic carbocycles. The molecule has 22 heteroatoms. The van der Waals surface area contributed by atoms with Crippen LogP contribution < -0.4 is 40.2 Å². The summed E-state index contributed by atoms with van der Waals surface area (Å²) in [6.45, 7) is 12.0. The highest BCUT2D eigenvalue weighted by atomic mass is 32.2. The molecule has 0 saturated carbocycles. The van der Waals surface area contributed by atoms with Gasteiger partial charge in [-0.2, -0.15) is 0 Å². The third-order valence-electron chi connectivity index (χ3n) is 14.9. The molecular formula is C58H78N6O14S2. The number of aryl methyl sites for hydroxylation is 1. The molecule has 3 aromatic carbocycles. The molecule has 80 heavy (non-hydrogen) atoms. The molecule has 2 saturated heterocycles. The first-order valence-electron chi connectivity index (χ1n) is 27.4. The van der Waals surface area contributed by atoms with Crippen molar-refractivity contribution >= 4 is 68.8 Å². The number of anilines is 1. The van der Waals surface area contributed by atoms with E-state index in [4.69, 9.17) is 18.9 Å². The van der Waals surface area contributed by atoms with Crippen LogP contribution in [-0.4, -0.2) is 129 Å². The average Bonchev–Trinajstić information content (AvgIpc) is 4.19. The molecule has 5 amide bonds. The summed E-state index contributed by atoms with van der Waals surface area (Å²) >= 11 is 1.65. The number of nitrogens with one attached hydrogen (secondary N) is 5. The van der Waals surface area contributed by atoms with Crippen molar-refractivity contribution in [3.8, 4) is 17.2 Å². The van der Waals surface area contributed by atoms with Gasteiger partial charge in [0.15, 0.2) is 11.5 Å². The largest absolute Gasteiger partial charge is 0.493 e. The van der Waals surface area contributed by atoms with Gasteiger partial charge >= 0.3 is 5.97 Å². The van der Waals surface area contributed by atoms with Crippen molar-refractivity contribution in [2.75, 3.05) is 51.5 Å². The van der Waals surface area contributed by atoms with Gasteiger partial charge in [0, 0.05) is 64.4 Å². The predicted molar refractivity (Wildman–Crippen MR) is 303 cm³/mol. The van der Waals surface area contributed by atoms with Crippen LogP contribution in [-0.2, 0) is 49.9 Å². The number of rotatable bonds is 31. The average molecular weight is 1150 g/mol. The maximum atomic E-state index is 13.3. The van der Waals surface area contributed by atoms with Crippen LogP contribution >= 0.6 is 11.8 Å². The summed E-state index contributed by atoms with van der Waals surface area (Å²) in [5.41, 5.74) is 2.12. The summed E-state index contributed by atoms with van der Waals surface area (Å²) < 4.78 is 50.8. The van der Waals surface area contributed by atoms with E-state index in [9.17, 15) is 47.1 Å². The van der Waals surface area contributed by atoms with Gasteiger partial charge in [0.05, 0.1) is 50.6 Å². The summed E-state index contributed by atoms with van der Waals surface area (Å²) in [5.74, 6) is -2.35. The molecule has 2 fully saturated rings. The maximum absolute atomic E-state index is 13.3. The van der Waals surface area contributed by atoms with Crippen LogP contribution in [0.2, 0.25) is 0 Å². The normalized spacial score (nSPS) is 19.5. The Hall–Kier alpha value is -6.49. The van der Waals surface area contributed by atoms with Gasteiger partial charge in [-0.25, -0.2) is 13.1 Å². The van der Waals surface area contributed by atoms with Gasteiger partial charge in [0.1, 0.15) is 18.5 Å². The molecule has 3 aromatic rings. The van der Waals surface area contributed by atoms with E-state index in [0.29, 0.717) is 86.5 Å². The van der Waals surface area contributed by atoms with Gasteiger partial charge in [-0.15, -0.1) is 11.8 Å². The maximum Gasteiger partial charge on any atom is 0.306 e. The fourth-order valence-corrected chi connectivity index (χ4v) is 12.5. The van der Waals surface area contributed by atoms with E-state index in [0.717, 1.165) is 16.2 Å². The Kier molecular flexibility index (Phi) is 22.6. The highest BCUT2D eigenvalue weighted by Gasteiger charge is 2.57. The Morgan fingerprint density at radius 2 is 1.66 bits per heavy atom. The molecule has 0 radical (unpaired) electrons. The number of benzene rings is 3. The minimum Gasteiger partial charge on any atom is -0.493 e.